The Morgan fingerprint density at radius 1 is 0.558 bits per heavy atom. The second-order valence-electron chi connectivity index (χ2n) is 15.9. The van der Waals surface area contributed by atoms with E-state index in [4.69, 9.17) is 14.2 Å². The topological polar surface area (TPSA) is 102 Å². The molecule has 306 valence electrons. The van der Waals surface area contributed by atoms with Gasteiger partial charge in [0, 0.05) is 19.3 Å². The monoisotopic (exact) mass is 738 g/mol. The Bertz CT molecular complexity index is 869. The number of quaternary nitrogens is 1. The lowest BCUT2D eigenvalue weighted by molar-refractivity contribution is -0.889. The lowest BCUT2D eigenvalue weighted by Crippen LogP contribution is -2.55. The number of likely N-dealkylation sites (N-methyl/N-ethyl adjacent to an activating group) is 1. The number of unbranched alkanes of at least 4 members (excludes halogenated alkanes) is 23. The number of carbonyl (C=O) groups is 3. The predicted molar refractivity (Wildman–Crippen MR) is 213 cm³/mol. The van der Waals surface area contributed by atoms with Gasteiger partial charge in [0.25, 0.3) is 0 Å². The van der Waals surface area contributed by atoms with Crippen molar-refractivity contribution in [2.45, 2.75) is 212 Å². The van der Waals surface area contributed by atoms with Gasteiger partial charge in [-0.2, -0.15) is 0 Å². The molecule has 0 aromatic heterocycles. The van der Waals surface area contributed by atoms with Crippen LogP contribution in [-0.2, 0) is 28.6 Å². The maximum absolute atomic E-state index is 12.7. The van der Waals surface area contributed by atoms with E-state index in [0.29, 0.717) is 12.8 Å². The van der Waals surface area contributed by atoms with E-state index in [1.165, 1.54) is 116 Å². The largest absolute Gasteiger partial charge is 0.544 e. The zero-order valence-electron chi connectivity index (χ0n) is 34.7. The second kappa shape index (κ2) is 36.1. The molecule has 0 aliphatic heterocycles. The van der Waals surface area contributed by atoms with Crippen LogP contribution in [0, 0.1) is 0 Å². The first kappa shape index (κ1) is 50.1. The van der Waals surface area contributed by atoms with Crippen LogP contribution in [-0.4, -0.2) is 75.5 Å². The molecule has 0 aliphatic carbocycles. The van der Waals surface area contributed by atoms with Crippen LogP contribution in [0.3, 0.4) is 0 Å². The molecule has 0 amide bonds. The van der Waals surface area contributed by atoms with Gasteiger partial charge in [-0.15, -0.1) is 0 Å². The summed E-state index contributed by atoms with van der Waals surface area (Å²) in [5, 5.41) is 11.6. The Labute approximate surface area is 320 Å². The number of rotatable bonds is 39. The van der Waals surface area contributed by atoms with Crippen LogP contribution in [0.1, 0.15) is 200 Å². The van der Waals surface area contributed by atoms with E-state index in [2.05, 4.69) is 26.0 Å². The molecule has 0 fully saturated rings. The van der Waals surface area contributed by atoms with Gasteiger partial charge in [-0.1, -0.05) is 154 Å². The van der Waals surface area contributed by atoms with E-state index in [1.54, 1.807) is 21.1 Å². The molecule has 8 heteroatoms. The molecule has 8 nitrogen and oxygen atoms in total. The number of allylic oxidation sites excluding steroid dienone is 2. The van der Waals surface area contributed by atoms with E-state index in [0.717, 1.165) is 51.4 Å². The van der Waals surface area contributed by atoms with Crippen LogP contribution >= 0.6 is 0 Å². The van der Waals surface area contributed by atoms with Gasteiger partial charge in [0.2, 0.25) is 0 Å². The summed E-state index contributed by atoms with van der Waals surface area (Å²) >= 11 is 0. The van der Waals surface area contributed by atoms with E-state index in [-0.39, 0.29) is 42.7 Å². The summed E-state index contributed by atoms with van der Waals surface area (Å²) in [4.78, 5) is 36.8. The summed E-state index contributed by atoms with van der Waals surface area (Å²) in [7, 11) is 5.41. The van der Waals surface area contributed by atoms with Crippen LogP contribution in [0.4, 0.5) is 0 Å². The van der Waals surface area contributed by atoms with Crippen molar-refractivity contribution in [1.82, 2.24) is 0 Å². The molecule has 0 aliphatic rings. The molecular weight excluding hydrogens is 654 g/mol. The molecule has 0 aromatic carbocycles. The first-order chi connectivity index (χ1) is 25.1. The molecule has 0 radical (unpaired) electrons. The number of aliphatic carboxylic acids is 1. The van der Waals surface area contributed by atoms with Crippen molar-refractivity contribution in [3.05, 3.63) is 12.2 Å². The van der Waals surface area contributed by atoms with Crippen LogP contribution in [0.15, 0.2) is 12.2 Å². The minimum atomic E-state index is -1.12. The van der Waals surface area contributed by atoms with E-state index >= 15 is 0 Å². The molecule has 0 saturated heterocycles. The van der Waals surface area contributed by atoms with Crippen LogP contribution in [0.5, 0.6) is 0 Å². The Balaban J connectivity index is 4.33. The molecule has 2 atom stereocenters. The third-order valence-electron chi connectivity index (χ3n) is 9.90. The fourth-order valence-electron chi connectivity index (χ4n) is 6.48. The fraction of sp³-hybridized carbons (Fsp3) is 0.886. The van der Waals surface area contributed by atoms with Crippen LogP contribution < -0.4 is 5.11 Å². The number of ether oxygens (including phenoxy) is 3. The summed E-state index contributed by atoms with van der Waals surface area (Å²) in [6.45, 7) is 4.65. The Hall–Kier alpha value is -1.93. The van der Waals surface area contributed by atoms with Gasteiger partial charge in [0.05, 0.1) is 40.3 Å². The second-order valence-corrected chi connectivity index (χ2v) is 15.9. The van der Waals surface area contributed by atoms with Gasteiger partial charge in [-0.3, -0.25) is 9.59 Å². The molecule has 52 heavy (non-hydrogen) atoms. The van der Waals surface area contributed by atoms with Gasteiger partial charge in [0.1, 0.15) is 12.6 Å². The summed E-state index contributed by atoms with van der Waals surface area (Å²) < 4.78 is 17.1. The van der Waals surface area contributed by atoms with Crippen LogP contribution in [0.2, 0.25) is 0 Å². The summed E-state index contributed by atoms with van der Waals surface area (Å²) in [5.74, 6) is -1.73. The average molecular weight is 738 g/mol. The van der Waals surface area contributed by atoms with E-state index < -0.39 is 18.1 Å². The third kappa shape index (κ3) is 33.9. The molecule has 2 unspecified atom stereocenters. The average Bonchev–Trinajstić information content (AvgIpc) is 3.09. The van der Waals surface area contributed by atoms with Gasteiger partial charge in [0.15, 0.2) is 6.10 Å². The highest BCUT2D eigenvalue weighted by atomic mass is 16.6. The Morgan fingerprint density at radius 3 is 1.42 bits per heavy atom. The molecule has 0 rings (SSSR count). The Morgan fingerprint density at radius 2 is 0.962 bits per heavy atom. The number of hydrogen-bond donors (Lipinski definition) is 0. The number of hydrogen-bond acceptors (Lipinski definition) is 7. The highest BCUT2D eigenvalue weighted by Gasteiger charge is 2.25. The van der Waals surface area contributed by atoms with Crippen molar-refractivity contribution >= 4 is 17.9 Å². The normalized spacial score (nSPS) is 13.0. The molecule has 0 N–H and O–H groups in total. The summed E-state index contributed by atoms with van der Waals surface area (Å²) in [6, 6.07) is -0.722. The summed E-state index contributed by atoms with van der Waals surface area (Å²) in [5.41, 5.74) is 0. The first-order valence-electron chi connectivity index (χ1n) is 21.7. The maximum Gasteiger partial charge on any atom is 0.306 e. The SMILES string of the molecule is CCCCC/C=C/CCCCCCCC(=O)OCC(COCCC(C(=O)[O-])[N+](C)(C)C)OC(=O)CCCCCCCCCCCCCCCCCC. The van der Waals surface area contributed by atoms with Crippen LogP contribution in [0.25, 0.3) is 0 Å². The third-order valence-corrected chi connectivity index (χ3v) is 9.90. The van der Waals surface area contributed by atoms with Gasteiger partial charge >= 0.3 is 11.9 Å². The zero-order valence-corrected chi connectivity index (χ0v) is 34.7. The molecule has 0 saturated carbocycles. The van der Waals surface area contributed by atoms with Gasteiger partial charge in [-0.25, -0.2) is 0 Å². The number of nitrogens with zero attached hydrogens (tertiary/aromatic N) is 1. The number of carboxylic acids is 1. The minimum absolute atomic E-state index is 0.0436. The predicted octanol–water partition coefficient (Wildman–Crippen LogP) is 10.2. The number of esters is 2. The molecule has 0 heterocycles. The Kier molecular flexibility index (Phi) is 34.7. The highest BCUT2D eigenvalue weighted by Crippen LogP contribution is 2.15. The number of carbonyl (C=O) groups excluding carboxylic acids is 3. The molecule has 0 spiro atoms. The molecule has 0 aromatic rings. The van der Waals surface area contributed by atoms with Crippen molar-refractivity contribution < 1.29 is 38.2 Å². The van der Waals surface area contributed by atoms with Crippen molar-refractivity contribution in [3.8, 4) is 0 Å². The molecule has 0 bridgehead atoms. The zero-order chi connectivity index (χ0) is 38.5. The van der Waals surface area contributed by atoms with Crippen molar-refractivity contribution in [2.24, 2.45) is 0 Å². The molecular formula is C44H83NO7. The quantitative estimate of drug-likeness (QED) is 0.0268. The fourth-order valence-corrected chi connectivity index (χ4v) is 6.48. The maximum atomic E-state index is 12.7. The lowest BCUT2D eigenvalue weighted by atomic mass is 10.0. The first-order valence-corrected chi connectivity index (χ1v) is 21.7. The smallest absolute Gasteiger partial charge is 0.306 e. The highest BCUT2D eigenvalue weighted by molar-refractivity contribution is 5.70. The standard InChI is InChI=1S/C44H83NO7/c1-6-8-10-12-14-16-18-20-21-22-23-25-27-29-31-33-35-43(47)52-40(38-50-37-36-41(44(48)49)45(3,4)5)39-51-42(46)34-32-30-28-26-24-19-17-15-13-11-9-7-2/h15,17,40-41H,6-14,16,18-39H2,1-5H3/b17-15+. The summed E-state index contributed by atoms with van der Waals surface area (Å²) in [6.07, 6.45) is 36.6. The number of carboxylic acid groups (broad SMARTS) is 1. The minimum Gasteiger partial charge on any atom is -0.544 e. The van der Waals surface area contributed by atoms with E-state index in [1.807, 2.05) is 0 Å². The van der Waals surface area contributed by atoms with E-state index in [9.17, 15) is 19.5 Å². The van der Waals surface area contributed by atoms with Crippen molar-refractivity contribution in [1.29, 1.82) is 0 Å². The van der Waals surface area contributed by atoms with Crippen molar-refractivity contribution in [2.75, 3.05) is 41.0 Å². The lowest BCUT2D eigenvalue weighted by Gasteiger charge is -2.34. The van der Waals surface area contributed by atoms with Gasteiger partial charge in [-0.05, 0) is 38.5 Å². The van der Waals surface area contributed by atoms with Gasteiger partial charge < -0.3 is 28.6 Å². The van der Waals surface area contributed by atoms with Crippen molar-refractivity contribution in [3.63, 3.8) is 0 Å².